The molecule has 1 saturated carbocycles. The maximum Gasteiger partial charge on any atom is 0.306 e. The van der Waals surface area contributed by atoms with Gasteiger partial charge in [-0.25, -0.2) is 0 Å². The van der Waals surface area contributed by atoms with Gasteiger partial charge in [-0.15, -0.1) is 6.58 Å². The lowest BCUT2D eigenvalue weighted by molar-refractivity contribution is -0.147. The normalized spacial score (nSPS) is 27.0. The van der Waals surface area contributed by atoms with Gasteiger partial charge in [0.05, 0.1) is 12.8 Å². The number of ether oxygens (including phenoxy) is 1. The maximum atomic E-state index is 11.5. The minimum Gasteiger partial charge on any atom is -0.481 e. The molecule has 23 heavy (non-hydrogen) atoms. The van der Waals surface area contributed by atoms with Crippen LogP contribution in [0.15, 0.2) is 37.0 Å². The lowest BCUT2D eigenvalue weighted by Gasteiger charge is -2.43. The molecule has 0 saturated heterocycles. The smallest absolute Gasteiger partial charge is 0.306 e. The van der Waals surface area contributed by atoms with Gasteiger partial charge in [0.2, 0.25) is 0 Å². The number of carbonyl (C=O) groups is 2. The molecule has 0 amide bonds. The maximum absolute atomic E-state index is 11.5. The zero-order chi connectivity index (χ0) is 17.6. The van der Waals surface area contributed by atoms with Gasteiger partial charge < -0.3 is 9.84 Å². The van der Waals surface area contributed by atoms with Gasteiger partial charge in [0.15, 0.2) is 0 Å². The van der Waals surface area contributed by atoms with Crippen LogP contribution in [0.25, 0.3) is 0 Å². The van der Waals surface area contributed by atoms with Gasteiger partial charge >= 0.3 is 11.9 Å². The third-order valence-electron chi connectivity index (χ3n) is 4.95. The average molecular weight is 320 g/mol. The van der Waals surface area contributed by atoms with Crippen molar-refractivity contribution >= 4 is 11.9 Å². The van der Waals surface area contributed by atoms with E-state index in [0.717, 1.165) is 30.4 Å². The van der Waals surface area contributed by atoms with Crippen LogP contribution in [0.5, 0.6) is 0 Å². The number of aliphatic carboxylic acids is 1. The molecule has 0 radical (unpaired) electrons. The third kappa shape index (κ3) is 5.38. The lowest BCUT2D eigenvalue weighted by Crippen LogP contribution is -2.34. The van der Waals surface area contributed by atoms with Crippen LogP contribution >= 0.6 is 0 Å². The van der Waals surface area contributed by atoms with E-state index in [-0.39, 0.29) is 30.8 Å². The quantitative estimate of drug-likeness (QED) is 0.539. The van der Waals surface area contributed by atoms with Crippen molar-refractivity contribution in [3.8, 4) is 0 Å². The Labute approximate surface area is 138 Å². The van der Waals surface area contributed by atoms with Crippen molar-refractivity contribution in [3.63, 3.8) is 0 Å². The summed E-state index contributed by atoms with van der Waals surface area (Å²) in [7, 11) is 0. The fourth-order valence-electron chi connectivity index (χ4n) is 3.28. The molecule has 0 bridgehead atoms. The molecule has 3 atom stereocenters. The molecule has 0 aromatic heterocycles. The molecule has 1 rings (SSSR count). The number of rotatable bonds is 8. The molecule has 1 aliphatic carbocycles. The Hall–Kier alpha value is -1.84. The minimum atomic E-state index is -0.999. The monoisotopic (exact) mass is 320 g/mol. The molecule has 0 unspecified atom stereocenters. The molecule has 1 N–H and O–H groups in total. The highest BCUT2D eigenvalue weighted by Crippen LogP contribution is 2.48. The van der Waals surface area contributed by atoms with Crippen molar-refractivity contribution in [2.75, 3.05) is 6.61 Å². The van der Waals surface area contributed by atoms with Crippen LogP contribution in [-0.2, 0) is 14.3 Å². The summed E-state index contributed by atoms with van der Waals surface area (Å²) in [5.74, 6) is -0.854. The molecular weight excluding hydrogens is 292 g/mol. The van der Waals surface area contributed by atoms with Gasteiger partial charge in [0, 0.05) is 0 Å². The minimum absolute atomic E-state index is 0.0563. The van der Waals surface area contributed by atoms with Gasteiger partial charge in [0.1, 0.15) is 6.61 Å². The number of esters is 1. The first-order chi connectivity index (χ1) is 10.7. The highest BCUT2D eigenvalue weighted by atomic mass is 16.5. The predicted molar refractivity (Wildman–Crippen MR) is 90.9 cm³/mol. The number of hydrogen-bond acceptors (Lipinski definition) is 3. The molecule has 4 heteroatoms. The molecule has 0 heterocycles. The van der Waals surface area contributed by atoms with E-state index in [2.05, 4.69) is 26.7 Å². The Bertz CT molecular complexity index is 505. The Morgan fingerprint density at radius 3 is 2.52 bits per heavy atom. The highest BCUT2D eigenvalue weighted by Gasteiger charge is 2.38. The van der Waals surface area contributed by atoms with Crippen molar-refractivity contribution in [1.82, 2.24) is 0 Å². The first kappa shape index (κ1) is 19.2. The SMILES string of the molecule is C=C[C@]1(C)CC[C@@H](C(=C)COC(=O)CCC(=O)O)C[C@H]1C(=C)C. The van der Waals surface area contributed by atoms with Gasteiger partial charge in [-0.3, -0.25) is 9.59 Å². The molecular formula is C19H28O4. The Balaban J connectivity index is 2.55. The van der Waals surface area contributed by atoms with Crippen molar-refractivity contribution in [2.45, 2.75) is 46.0 Å². The number of hydrogen-bond donors (Lipinski definition) is 1. The first-order valence-electron chi connectivity index (χ1n) is 8.03. The Morgan fingerprint density at radius 1 is 1.35 bits per heavy atom. The van der Waals surface area contributed by atoms with Crippen LogP contribution in [0.1, 0.15) is 46.0 Å². The summed E-state index contributed by atoms with van der Waals surface area (Å²) in [4.78, 5) is 21.9. The topological polar surface area (TPSA) is 63.6 Å². The molecule has 128 valence electrons. The number of allylic oxidation sites excluding steroid dienone is 2. The van der Waals surface area contributed by atoms with Crippen molar-refractivity contribution < 1.29 is 19.4 Å². The summed E-state index contributed by atoms with van der Waals surface area (Å²) in [6.07, 6.45) is 4.64. The van der Waals surface area contributed by atoms with Crippen molar-refractivity contribution in [1.29, 1.82) is 0 Å². The second-order valence-corrected chi connectivity index (χ2v) is 6.79. The molecule has 1 aliphatic rings. The molecule has 0 aliphatic heterocycles. The Kier molecular flexibility index (Phi) is 6.79. The number of carboxylic acid groups (broad SMARTS) is 1. The van der Waals surface area contributed by atoms with E-state index >= 15 is 0 Å². The van der Waals surface area contributed by atoms with Crippen LogP contribution in [0.4, 0.5) is 0 Å². The fourth-order valence-corrected chi connectivity index (χ4v) is 3.28. The van der Waals surface area contributed by atoms with Gasteiger partial charge in [-0.1, -0.05) is 31.7 Å². The molecule has 0 aromatic rings. The predicted octanol–water partition coefficient (Wildman–Crippen LogP) is 4.14. The summed E-state index contributed by atoms with van der Waals surface area (Å²) >= 11 is 0. The van der Waals surface area contributed by atoms with Crippen LogP contribution in [0, 0.1) is 17.3 Å². The lowest BCUT2D eigenvalue weighted by atomic mass is 9.61. The van der Waals surface area contributed by atoms with Gasteiger partial charge in [0.25, 0.3) is 0 Å². The van der Waals surface area contributed by atoms with E-state index in [4.69, 9.17) is 9.84 Å². The summed E-state index contributed by atoms with van der Waals surface area (Å²) in [5, 5.41) is 8.56. The zero-order valence-electron chi connectivity index (χ0n) is 14.3. The molecule has 1 fully saturated rings. The van der Waals surface area contributed by atoms with Crippen molar-refractivity contribution in [2.24, 2.45) is 17.3 Å². The standard InChI is InChI=1S/C19H28O4/c1-6-19(5)10-9-15(11-16(19)13(2)3)14(4)12-23-18(22)8-7-17(20)21/h6,15-16H,1-2,4,7-12H2,3,5H3,(H,20,21)/t15-,16+,19-/m1/s1. The first-order valence-corrected chi connectivity index (χ1v) is 8.03. The summed E-state index contributed by atoms with van der Waals surface area (Å²) in [6, 6.07) is 0. The van der Waals surface area contributed by atoms with Crippen LogP contribution in [0.2, 0.25) is 0 Å². The van der Waals surface area contributed by atoms with E-state index < -0.39 is 11.9 Å². The summed E-state index contributed by atoms with van der Waals surface area (Å²) in [5.41, 5.74) is 2.09. The van der Waals surface area contributed by atoms with E-state index in [1.54, 1.807) is 0 Å². The Morgan fingerprint density at radius 2 is 2.00 bits per heavy atom. The highest BCUT2D eigenvalue weighted by molar-refractivity contribution is 5.76. The van der Waals surface area contributed by atoms with Crippen molar-refractivity contribution in [3.05, 3.63) is 37.0 Å². The zero-order valence-corrected chi connectivity index (χ0v) is 14.3. The summed E-state index contributed by atoms with van der Waals surface area (Å²) in [6.45, 7) is 16.6. The van der Waals surface area contributed by atoms with Gasteiger partial charge in [-0.2, -0.15) is 0 Å². The summed E-state index contributed by atoms with van der Waals surface area (Å²) < 4.78 is 5.14. The van der Waals surface area contributed by atoms with Gasteiger partial charge in [-0.05, 0) is 49.0 Å². The van der Waals surface area contributed by atoms with E-state index in [0.29, 0.717) is 5.92 Å². The van der Waals surface area contributed by atoms with Crippen LogP contribution < -0.4 is 0 Å². The van der Waals surface area contributed by atoms with Crippen LogP contribution in [-0.4, -0.2) is 23.7 Å². The second kappa shape index (κ2) is 8.14. The largest absolute Gasteiger partial charge is 0.481 e. The average Bonchev–Trinajstić information content (AvgIpc) is 2.50. The fraction of sp³-hybridized carbons (Fsp3) is 0.579. The van der Waals surface area contributed by atoms with Crippen LogP contribution in [0.3, 0.4) is 0 Å². The van der Waals surface area contributed by atoms with E-state index in [1.807, 2.05) is 13.0 Å². The molecule has 0 aromatic carbocycles. The molecule has 0 spiro atoms. The molecule has 4 nitrogen and oxygen atoms in total. The number of carbonyl (C=O) groups excluding carboxylic acids is 1. The van der Waals surface area contributed by atoms with E-state index in [1.165, 1.54) is 0 Å². The number of carboxylic acids is 1. The third-order valence-corrected chi connectivity index (χ3v) is 4.95. The second-order valence-electron chi connectivity index (χ2n) is 6.79. The van der Waals surface area contributed by atoms with E-state index in [9.17, 15) is 9.59 Å².